The molecule has 156 valence electrons. The molecule has 3 aromatic rings. The summed E-state index contributed by atoms with van der Waals surface area (Å²) in [6, 6.07) is 16.9. The maximum Gasteiger partial charge on any atom is 0.233 e. The van der Waals surface area contributed by atoms with E-state index in [1.165, 1.54) is 11.8 Å². The summed E-state index contributed by atoms with van der Waals surface area (Å²) < 4.78 is 6.72. The van der Waals surface area contributed by atoms with Crippen LogP contribution in [0.2, 0.25) is 0 Å². The number of methoxy groups -OCH3 is 1. The van der Waals surface area contributed by atoms with Gasteiger partial charge in [-0.3, -0.25) is 9.59 Å². The van der Waals surface area contributed by atoms with Crippen molar-refractivity contribution in [3.8, 4) is 11.4 Å². The zero-order valence-corrected chi connectivity index (χ0v) is 17.3. The molecule has 9 nitrogen and oxygen atoms in total. The Morgan fingerprint density at radius 2 is 1.87 bits per heavy atom. The van der Waals surface area contributed by atoms with E-state index in [4.69, 9.17) is 10.5 Å². The van der Waals surface area contributed by atoms with Gasteiger partial charge in [-0.05, 0) is 40.3 Å². The Balaban J connectivity index is 1.67. The van der Waals surface area contributed by atoms with Crippen LogP contribution < -0.4 is 10.5 Å². The first-order chi connectivity index (χ1) is 14.6. The molecule has 0 aliphatic heterocycles. The van der Waals surface area contributed by atoms with E-state index >= 15 is 0 Å². The fourth-order valence-electron chi connectivity index (χ4n) is 2.71. The van der Waals surface area contributed by atoms with Gasteiger partial charge in [0.15, 0.2) is 0 Å². The lowest BCUT2D eigenvalue weighted by atomic mass is 10.2. The Morgan fingerprint density at radius 1 is 1.13 bits per heavy atom. The highest BCUT2D eigenvalue weighted by Crippen LogP contribution is 2.21. The van der Waals surface area contributed by atoms with E-state index in [2.05, 4.69) is 15.5 Å². The molecule has 1 aromatic heterocycles. The quantitative estimate of drug-likeness (QED) is 0.490. The number of carbonyl (C=O) groups is 2. The van der Waals surface area contributed by atoms with Crippen LogP contribution in [0.3, 0.4) is 0 Å². The van der Waals surface area contributed by atoms with Crippen molar-refractivity contribution < 1.29 is 14.3 Å². The Morgan fingerprint density at radius 3 is 2.53 bits per heavy atom. The molecular weight excluding hydrogens is 404 g/mol. The first kappa shape index (κ1) is 21.3. The highest BCUT2D eigenvalue weighted by atomic mass is 32.2. The van der Waals surface area contributed by atoms with Crippen LogP contribution in [-0.4, -0.2) is 56.3 Å². The lowest BCUT2D eigenvalue weighted by molar-refractivity contribution is -0.129. The van der Waals surface area contributed by atoms with Gasteiger partial charge in [0.1, 0.15) is 5.75 Å². The maximum absolute atomic E-state index is 12.8. The summed E-state index contributed by atoms with van der Waals surface area (Å²) in [6.45, 7) is 0.657. The van der Waals surface area contributed by atoms with Gasteiger partial charge >= 0.3 is 0 Å². The molecule has 0 bridgehead atoms. The first-order valence-corrected chi connectivity index (χ1v) is 10.2. The van der Waals surface area contributed by atoms with Gasteiger partial charge in [-0.1, -0.05) is 42.1 Å². The van der Waals surface area contributed by atoms with Gasteiger partial charge < -0.3 is 15.4 Å². The Hall–Kier alpha value is -3.40. The van der Waals surface area contributed by atoms with Gasteiger partial charge in [-0.15, -0.1) is 5.10 Å². The number of primary amides is 1. The summed E-state index contributed by atoms with van der Waals surface area (Å²) in [5.41, 5.74) is 7.00. The second-order valence-corrected chi connectivity index (χ2v) is 7.32. The Labute approximate surface area is 178 Å². The summed E-state index contributed by atoms with van der Waals surface area (Å²) >= 11 is 1.23. The SMILES string of the molecule is COc1ccc(-n2nnnc2SCC(=O)N(CCC(N)=O)Cc2ccccc2)cc1. The molecule has 30 heavy (non-hydrogen) atoms. The van der Waals surface area contributed by atoms with Crippen LogP contribution >= 0.6 is 11.8 Å². The van der Waals surface area contributed by atoms with Gasteiger partial charge in [0.05, 0.1) is 18.6 Å². The predicted molar refractivity (Wildman–Crippen MR) is 112 cm³/mol. The van der Waals surface area contributed by atoms with Crippen LogP contribution in [0.4, 0.5) is 0 Å². The maximum atomic E-state index is 12.8. The molecule has 10 heteroatoms. The zero-order valence-electron chi connectivity index (χ0n) is 16.5. The molecule has 2 amide bonds. The van der Waals surface area contributed by atoms with Crippen molar-refractivity contribution in [1.82, 2.24) is 25.1 Å². The molecule has 0 aliphatic rings. The second-order valence-electron chi connectivity index (χ2n) is 6.38. The van der Waals surface area contributed by atoms with Crippen LogP contribution in [-0.2, 0) is 16.1 Å². The Kier molecular flexibility index (Phi) is 7.39. The molecule has 0 saturated heterocycles. The van der Waals surface area contributed by atoms with Crippen LogP contribution in [0, 0.1) is 0 Å². The van der Waals surface area contributed by atoms with Crippen molar-refractivity contribution in [2.24, 2.45) is 5.73 Å². The molecule has 1 heterocycles. The summed E-state index contributed by atoms with van der Waals surface area (Å²) in [5, 5.41) is 12.2. The minimum atomic E-state index is -0.447. The fraction of sp³-hybridized carbons (Fsp3) is 0.250. The normalized spacial score (nSPS) is 10.6. The van der Waals surface area contributed by atoms with E-state index in [0.717, 1.165) is 17.0 Å². The van der Waals surface area contributed by atoms with E-state index in [0.29, 0.717) is 11.7 Å². The molecule has 2 N–H and O–H groups in total. The molecule has 3 rings (SSSR count). The monoisotopic (exact) mass is 426 g/mol. The predicted octanol–water partition coefficient (Wildman–Crippen LogP) is 1.67. The van der Waals surface area contributed by atoms with E-state index in [-0.39, 0.29) is 24.6 Å². The highest BCUT2D eigenvalue weighted by molar-refractivity contribution is 7.99. The van der Waals surface area contributed by atoms with Crippen LogP contribution in [0.1, 0.15) is 12.0 Å². The topological polar surface area (TPSA) is 116 Å². The third kappa shape index (κ3) is 5.80. The fourth-order valence-corrected chi connectivity index (χ4v) is 3.51. The lowest BCUT2D eigenvalue weighted by Gasteiger charge is -2.22. The molecule has 0 radical (unpaired) electrons. The summed E-state index contributed by atoms with van der Waals surface area (Å²) in [4.78, 5) is 25.7. The average molecular weight is 427 g/mol. The largest absolute Gasteiger partial charge is 0.497 e. The molecule has 2 aromatic carbocycles. The van der Waals surface area contributed by atoms with Crippen molar-refractivity contribution >= 4 is 23.6 Å². The van der Waals surface area contributed by atoms with Crippen molar-refractivity contribution in [1.29, 1.82) is 0 Å². The number of hydrogen-bond donors (Lipinski definition) is 1. The van der Waals surface area contributed by atoms with Gasteiger partial charge in [0.25, 0.3) is 0 Å². The molecule has 0 unspecified atom stereocenters. The molecule has 0 fully saturated rings. The first-order valence-electron chi connectivity index (χ1n) is 9.22. The number of ether oxygens (including phenoxy) is 1. The number of nitrogens with zero attached hydrogens (tertiary/aromatic N) is 5. The smallest absolute Gasteiger partial charge is 0.233 e. The number of thioether (sulfide) groups is 1. The third-order valence-corrected chi connectivity index (χ3v) is 5.18. The lowest BCUT2D eigenvalue weighted by Crippen LogP contribution is -2.34. The molecule has 0 saturated carbocycles. The van der Waals surface area contributed by atoms with Crippen LogP contribution in [0.25, 0.3) is 5.69 Å². The van der Waals surface area contributed by atoms with Crippen LogP contribution in [0.5, 0.6) is 5.75 Å². The number of rotatable bonds is 10. The molecular formula is C20H22N6O3S. The van der Waals surface area contributed by atoms with Gasteiger partial charge in [0.2, 0.25) is 17.0 Å². The zero-order chi connectivity index (χ0) is 21.3. The molecule has 0 aliphatic carbocycles. The van der Waals surface area contributed by atoms with E-state index in [1.54, 1.807) is 16.7 Å². The number of hydrogen-bond acceptors (Lipinski definition) is 7. The number of tetrazole rings is 1. The number of aromatic nitrogens is 4. The molecule has 0 spiro atoms. The van der Waals surface area contributed by atoms with Crippen molar-refractivity contribution in [3.05, 3.63) is 60.2 Å². The summed E-state index contributed by atoms with van der Waals surface area (Å²) in [5.74, 6) is 0.274. The minimum absolute atomic E-state index is 0.104. The minimum Gasteiger partial charge on any atom is -0.497 e. The number of carbonyl (C=O) groups excluding carboxylic acids is 2. The van der Waals surface area contributed by atoms with Crippen molar-refractivity contribution in [2.45, 2.75) is 18.1 Å². The van der Waals surface area contributed by atoms with E-state index in [1.807, 2.05) is 54.6 Å². The Bertz CT molecular complexity index is 978. The third-order valence-electron chi connectivity index (χ3n) is 4.28. The number of amides is 2. The van der Waals surface area contributed by atoms with Gasteiger partial charge in [-0.2, -0.15) is 4.68 Å². The standard InChI is InChI=1S/C20H22N6O3S/c1-29-17-9-7-16(8-10-17)26-20(22-23-24-26)30-14-19(28)25(12-11-18(21)27)13-15-5-3-2-4-6-15/h2-10H,11-14H2,1H3,(H2,21,27). The van der Waals surface area contributed by atoms with E-state index < -0.39 is 5.91 Å². The van der Waals surface area contributed by atoms with Gasteiger partial charge in [0, 0.05) is 19.5 Å². The number of benzene rings is 2. The van der Waals surface area contributed by atoms with Crippen LogP contribution in [0.15, 0.2) is 59.8 Å². The molecule has 0 atom stereocenters. The van der Waals surface area contributed by atoms with Crippen molar-refractivity contribution in [2.75, 3.05) is 19.4 Å². The highest BCUT2D eigenvalue weighted by Gasteiger charge is 2.18. The van der Waals surface area contributed by atoms with Crippen molar-refractivity contribution in [3.63, 3.8) is 0 Å². The summed E-state index contributed by atoms with van der Waals surface area (Å²) in [7, 11) is 1.60. The van der Waals surface area contributed by atoms with Gasteiger partial charge in [-0.25, -0.2) is 0 Å². The van der Waals surface area contributed by atoms with E-state index in [9.17, 15) is 9.59 Å². The number of nitrogens with two attached hydrogens (primary N) is 1. The average Bonchev–Trinajstić information content (AvgIpc) is 3.24. The second kappa shape index (κ2) is 10.4. The summed E-state index contributed by atoms with van der Waals surface area (Å²) in [6.07, 6.45) is 0.104.